The molecule has 0 N–H and O–H groups in total. The van der Waals surface area contributed by atoms with Gasteiger partial charge in [-0.25, -0.2) is 4.98 Å². The molecule has 2 aromatic carbocycles. The van der Waals surface area contributed by atoms with Gasteiger partial charge in [0.2, 0.25) is 0 Å². The van der Waals surface area contributed by atoms with Crippen molar-refractivity contribution in [3.63, 3.8) is 0 Å². The van der Waals surface area contributed by atoms with Crippen molar-refractivity contribution < 1.29 is 4.79 Å². The Morgan fingerprint density at radius 1 is 1.25 bits per heavy atom. The van der Waals surface area contributed by atoms with Crippen molar-refractivity contribution in [2.24, 2.45) is 0 Å². The van der Waals surface area contributed by atoms with E-state index >= 15 is 0 Å². The highest BCUT2D eigenvalue weighted by molar-refractivity contribution is 9.10. The van der Waals surface area contributed by atoms with Gasteiger partial charge in [0.05, 0.1) is 21.7 Å². The molecule has 0 aliphatic rings. The molecule has 1 aromatic heterocycles. The first-order valence-corrected chi connectivity index (χ1v) is 7.95. The maximum Gasteiger partial charge on any atom is 0.171 e. The maximum absolute atomic E-state index is 12.3. The van der Waals surface area contributed by atoms with Crippen LogP contribution in [-0.4, -0.2) is 10.8 Å². The molecule has 1 heterocycles. The lowest BCUT2D eigenvalue weighted by molar-refractivity contribution is 0.0993. The summed E-state index contributed by atoms with van der Waals surface area (Å²) in [6.07, 6.45) is 0.278. The molecule has 0 aliphatic heterocycles. The Bertz CT molecular complexity index is 766. The average Bonchev–Trinajstić information content (AvgIpc) is 2.80. The Balaban J connectivity index is 1.88. The molecular formula is C15H9BrClNOS. The van der Waals surface area contributed by atoms with Gasteiger partial charge in [0, 0.05) is 10.0 Å². The highest BCUT2D eigenvalue weighted by Gasteiger charge is 2.14. The molecule has 0 aliphatic carbocycles. The Labute approximate surface area is 133 Å². The summed E-state index contributed by atoms with van der Waals surface area (Å²) in [5.41, 5.74) is 1.47. The van der Waals surface area contributed by atoms with Gasteiger partial charge in [-0.15, -0.1) is 11.3 Å². The molecule has 0 saturated carbocycles. The third-order valence-corrected chi connectivity index (χ3v) is 4.72. The summed E-state index contributed by atoms with van der Waals surface area (Å²) in [5, 5.41) is 1.28. The van der Waals surface area contributed by atoms with Crippen molar-refractivity contribution in [2.75, 3.05) is 0 Å². The summed E-state index contributed by atoms with van der Waals surface area (Å²) < 4.78 is 1.95. The zero-order valence-electron chi connectivity index (χ0n) is 10.3. The molecule has 0 unspecified atom stereocenters. The van der Waals surface area contributed by atoms with E-state index in [2.05, 4.69) is 20.9 Å². The van der Waals surface area contributed by atoms with Gasteiger partial charge in [0.15, 0.2) is 5.78 Å². The van der Waals surface area contributed by atoms with Crippen LogP contribution in [0.1, 0.15) is 15.4 Å². The van der Waals surface area contributed by atoms with E-state index in [-0.39, 0.29) is 12.2 Å². The molecule has 5 heteroatoms. The van der Waals surface area contributed by atoms with Crippen LogP contribution in [0.15, 0.2) is 46.9 Å². The van der Waals surface area contributed by atoms with Crippen molar-refractivity contribution in [2.45, 2.75) is 6.42 Å². The number of para-hydroxylation sites is 1. The molecule has 0 amide bonds. The first-order valence-electron chi connectivity index (χ1n) is 5.96. The highest BCUT2D eigenvalue weighted by atomic mass is 79.9. The summed E-state index contributed by atoms with van der Waals surface area (Å²) in [6, 6.07) is 13.2. The molecule has 20 heavy (non-hydrogen) atoms. The minimum absolute atomic E-state index is 0.0124. The lowest BCUT2D eigenvalue weighted by Crippen LogP contribution is -2.03. The third-order valence-electron chi connectivity index (χ3n) is 2.88. The molecule has 0 fully saturated rings. The lowest BCUT2D eigenvalue weighted by atomic mass is 10.1. The van der Waals surface area contributed by atoms with Gasteiger partial charge in [-0.05, 0) is 30.3 Å². The van der Waals surface area contributed by atoms with Crippen LogP contribution in [-0.2, 0) is 6.42 Å². The van der Waals surface area contributed by atoms with Crippen molar-refractivity contribution >= 4 is 54.9 Å². The van der Waals surface area contributed by atoms with Crippen LogP contribution < -0.4 is 0 Å². The van der Waals surface area contributed by atoms with E-state index in [4.69, 9.17) is 11.6 Å². The number of fused-ring (bicyclic) bond motifs is 1. The van der Waals surface area contributed by atoms with Crippen LogP contribution in [0.25, 0.3) is 10.2 Å². The second kappa shape index (κ2) is 5.64. The first-order chi connectivity index (χ1) is 9.63. The topological polar surface area (TPSA) is 30.0 Å². The van der Waals surface area contributed by atoms with Crippen molar-refractivity contribution in [3.8, 4) is 0 Å². The summed E-state index contributed by atoms with van der Waals surface area (Å²) in [6.45, 7) is 0. The number of halogens is 2. The van der Waals surface area contributed by atoms with Crippen LogP contribution >= 0.6 is 38.9 Å². The average molecular weight is 367 g/mol. The smallest absolute Gasteiger partial charge is 0.171 e. The molecule has 3 aromatic rings. The fourth-order valence-electron chi connectivity index (χ4n) is 1.94. The molecule has 0 spiro atoms. The number of thiazole rings is 1. The van der Waals surface area contributed by atoms with Crippen molar-refractivity contribution in [1.29, 1.82) is 0 Å². The number of carbonyl (C=O) groups excluding carboxylic acids is 1. The molecular weight excluding hydrogens is 358 g/mol. The zero-order chi connectivity index (χ0) is 14.1. The molecule has 0 bridgehead atoms. The van der Waals surface area contributed by atoms with E-state index in [0.717, 1.165) is 19.7 Å². The number of hydrogen-bond acceptors (Lipinski definition) is 3. The maximum atomic E-state index is 12.3. The monoisotopic (exact) mass is 365 g/mol. The molecule has 0 saturated heterocycles. The Kier molecular flexibility index (Phi) is 3.87. The molecule has 0 atom stereocenters. The number of nitrogens with zero attached hydrogens (tertiary/aromatic N) is 1. The highest BCUT2D eigenvalue weighted by Crippen LogP contribution is 2.25. The van der Waals surface area contributed by atoms with Gasteiger partial charge in [0.25, 0.3) is 0 Å². The zero-order valence-corrected chi connectivity index (χ0v) is 13.4. The van der Waals surface area contributed by atoms with E-state index in [1.54, 1.807) is 23.5 Å². The standard InChI is InChI=1S/C15H9BrClNOS/c16-9-5-6-10(11(17)7-9)13(19)8-15-18-12-3-1-2-4-14(12)20-15/h1-7H,8H2. The van der Waals surface area contributed by atoms with Gasteiger partial charge in [0.1, 0.15) is 5.01 Å². The second-order valence-corrected chi connectivity index (χ2v) is 6.74. The SMILES string of the molecule is O=C(Cc1nc2ccccc2s1)c1ccc(Br)cc1Cl. The quantitative estimate of drug-likeness (QED) is 0.601. The van der Waals surface area contributed by atoms with Crippen LogP contribution in [0.2, 0.25) is 5.02 Å². The van der Waals surface area contributed by atoms with Crippen molar-refractivity contribution in [1.82, 2.24) is 4.98 Å². The first kappa shape index (κ1) is 13.7. The minimum atomic E-state index is -0.0124. The minimum Gasteiger partial charge on any atom is -0.294 e. The Morgan fingerprint density at radius 2 is 2.05 bits per heavy atom. The van der Waals surface area contributed by atoms with E-state index < -0.39 is 0 Å². The fourth-order valence-corrected chi connectivity index (χ4v) is 3.69. The van der Waals surface area contributed by atoms with Crippen LogP contribution in [0, 0.1) is 0 Å². The summed E-state index contributed by atoms with van der Waals surface area (Å²) in [7, 11) is 0. The predicted octanol–water partition coefficient (Wildman–Crippen LogP) is 5.14. The van der Waals surface area contributed by atoms with E-state index in [1.807, 2.05) is 30.3 Å². The second-order valence-electron chi connectivity index (χ2n) is 4.30. The van der Waals surface area contributed by atoms with Gasteiger partial charge in [-0.1, -0.05) is 39.7 Å². The van der Waals surface area contributed by atoms with Crippen LogP contribution in [0.4, 0.5) is 0 Å². The Hall–Kier alpha value is -1.23. The number of Topliss-reactive ketones (excluding diaryl/α,β-unsaturated/α-hetero) is 1. The molecule has 3 rings (SSSR count). The van der Waals surface area contributed by atoms with Crippen LogP contribution in [0.5, 0.6) is 0 Å². The normalized spacial score (nSPS) is 10.9. The predicted molar refractivity (Wildman–Crippen MR) is 86.8 cm³/mol. The molecule has 100 valence electrons. The van der Waals surface area contributed by atoms with Gasteiger partial charge >= 0.3 is 0 Å². The number of aromatic nitrogens is 1. The van der Waals surface area contributed by atoms with Gasteiger partial charge in [-0.2, -0.15) is 0 Å². The van der Waals surface area contributed by atoms with E-state index in [1.165, 1.54) is 0 Å². The summed E-state index contributed by atoms with van der Waals surface area (Å²) in [5.74, 6) is -0.0124. The largest absolute Gasteiger partial charge is 0.294 e. The molecule has 0 radical (unpaired) electrons. The number of carbonyl (C=O) groups is 1. The fraction of sp³-hybridized carbons (Fsp3) is 0.0667. The van der Waals surface area contributed by atoms with Crippen LogP contribution in [0.3, 0.4) is 0 Å². The van der Waals surface area contributed by atoms with Crippen molar-refractivity contribution in [3.05, 3.63) is 62.5 Å². The molecule has 2 nitrogen and oxygen atoms in total. The van der Waals surface area contributed by atoms with E-state index in [9.17, 15) is 4.79 Å². The number of rotatable bonds is 3. The van der Waals surface area contributed by atoms with E-state index in [0.29, 0.717) is 10.6 Å². The third kappa shape index (κ3) is 2.77. The summed E-state index contributed by atoms with van der Waals surface area (Å²) >= 11 is 11.0. The summed E-state index contributed by atoms with van der Waals surface area (Å²) in [4.78, 5) is 16.8. The number of hydrogen-bond donors (Lipinski definition) is 0. The van der Waals surface area contributed by atoms with Gasteiger partial charge < -0.3 is 0 Å². The van der Waals surface area contributed by atoms with Gasteiger partial charge in [-0.3, -0.25) is 4.79 Å². The lowest BCUT2D eigenvalue weighted by Gasteiger charge is -2.02. The number of benzene rings is 2. The Morgan fingerprint density at radius 3 is 2.80 bits per heavy atom. The number of ketones is 1.